The van der Waals surface area contributed by atoms with Crippen LogP contribution < -0.4 is 0 Å². The molecule has 0 saturated heterocycles. The molecule has 0 nitrogen and oxygen atoms in total. The second-order valence-electron chi connectivity index (χ2n) is 4.72. The van der Waals surface area contributed by atoms with Crippen molar-refractivity contribution >= 4 is 0 Å². The van der Waals surface area contributed by atoms with Crippen molar-refractivity contribution in [3.63, 3.8) is 0 Å². The molecule has 0 N–H and O–H groups in total. The van der Waals surface area contributed by atoms with E-state index in [0.717, 1.165) is 0 Å². The molecule has 0 saturated carbocycles. The van der Waals surface area contributed by atoms with Gasteiger partial charge in [-0.25, -0.2) is 0 Å². The molecular formula is C17H28. The van der Waals surface area contributed by atoms with Gasteiger partial charge in [-0.05, 0) is 79.3 Å². The standard InChI is InChI=1S/C15H22.C2H6/c1-5-12-10(3)14-8-7-9-15(14)11(4)13(12)6-2;1-2/h5-9H2,1-4H3;1-2H3. The Hall–Kier alpha value is -0.780. The lowest BCUT2D eigenvalue weighted by Crippen LogP contribution is -2.04. The molecule has 0 aromatic heterocycles. The van der Waals surface area contributed by atoms with E-state index in [4.69, 9.17) is 0 Å². The maximum absolute atomic E-state index is 2.33. The number of hydrogen-bond acceptors (Lipinski definition) is 0. The van der Waals surface area contributed by atoms with Gasteiger partial charge in [0.1, 0.15) is 0 Å². The lowest BCUT2D eigenvalue weighted by atomic mass is 9.87. The van der Waals surface area contributed by atoms with E-state index in [2.05, 4.69) is 27.7 Å². The fraction of sp³-hybridized carbons (Fsp3) is 0.647. The fourth-order valence-electron chi connectivity index (χ4n) is 3.35. The van der Waals surface area contributed by atoms with Crippen molar-refractivity contribution in [3.8, 4) is 0 Å². The largest absolute Gasteiger partial charge is 0.0683 e. The predicted octanol–water partition coefficient (Wildman–Crippen LogP) is 4.94. The Balaban J connectivity index is 0.000000686. The summed E-state index contributed by atoms with van der Waals surface area (Å²) in [6.07, 6.45) is 6.40. The highest BCUT2D eigenvalue weighted by molar-refractivity contribution is 5.52. The first kappa shape index (κ1) is 14.3. The molecule has 0 atom stereocenters. The van der Waals surface area contributed by atoms with E-state index in [0.29, 0.717) is 0 Å². The van der Waals surface area contributed by atoms with Crippen molar-refractivity contribution in [1.82, 2.24) is 0 Å². The highest BCUT2D eigenvalue weighted by Gasteiger charge is 2.20. The first-order valence-corrected chi connectivity index (χ1v) is 7.33. The third-order valence-electron chi connectivity index (χ3n) is 4.10. The van der Waals surface area contributed by atoms with E-state index in [1.54, 1.807) is 33.4 Å². The summed E-state index contributed by atoms with van der Waals surface area (Å²) in [5, 5.41) is 0. The first-order chi connectivity index (χ1) is 8.20. The third-order valence-corrected chi connectivity index (χ3v) is 4.10. The normalized spacial score (nSPS) is 13.1. The Morgan fingerprint density at radius 3 is 1.41 bits per heavy atom. The zero-order valence-electron chi connectivity index (χ0n) is 12.5. The monoisotopic (exact) mass is 232 g/mol. The second-order valence-corrected chi connectivity index (χ2v) is 4.72. The molecule has 0 unspecified atom stereocenters. The van der Waals surface area contributed by atoms with Gasteiger partial charge in [0.05, 0.1) is 0 Å². The van der Waals surface area contributed by atoms with E-state index in [9.17, 15) is 0 Å². The topological polar surface area (TPSA) is 0 Å². The molecule has 1 aromatic carbocycles. The van der Waals surface area contributed by atoms with Crippen molar-refractivity contribution in [1.29, 1.82) is 0 Å². The zero-order valence-corrected chi connectivity index (χ0v) is 12.5. The maximum atomic E-state index is 2.33. The molecule has 1 aromatic rings. The van der Waals surface area contributed by atoms with Gasteiger partial charge in [0, 0.05) is 0 Å². The number of fused-ring (bicyclic) bond motifs is 1. The average Bonchev–Trinajstić information content (AvgIpc) is 2.85. The summed E-state index contributed by atoms with van der Waals surface area (Å²) < 4.78 is 0. The minimum atomic E-state index is 1.20. The lowest BCUT2D eigenvalue weighted by molar-refractivity contribution is 0.906. The minimum absolute atomic E-state index is 1.20. The zero-order chi connectivity index (χ0) is 13.0. The van der Waals surface area contributed by atoms with Crippen LogP contribution in [0.1, 0.15) is 67.5 Å². The SMILES string of the molecule is CC.CCc1c(C)c2c(c(C)c1CC)CCC2. The van der Waals surface area contributed by atoms with Crippen LogP contribution in [0.2, 0.25) is 0 Å². The molecule has 96 valence electrons. The van der Waals surface area contributed by atoms with Crippen LogP contribution in [0.3, 0.4) is 0 Å². The smallest absolute Gasteiger partial charge is 0.0270 e. The molecule has 1 aliphatic rings. The van der Waals surface area contributed by atoms with Crippen LogP contribution in [-0.4, -0.2) is 0 Å². The Kier molecular flexibility index (Phi) is 5.24. The molecule has 0 heteroatoms. The third kappa shape index (κ3) is 2.41. The lowest BCUT2D eigenvalue weighted by Gasteiger charge is -2.19. The van der Waals surface area contributed by atoms with Crippen molar-refractivity contribution in [2.24, 2.45) is 0 Å². The summed E-state index contributed by atoms with van der Waals surface area (Å²) in [5.74, 6) is 0. The van der Waals surface area contributed by atoms with E-state index in [1.807, 2.05) is 13.8 Å². The van der Waals surface area contributed by atoms with Crippen molar-refractivity contribution < 1.29 is 0 Å². The van der Waals surface area contributed by atoms with Gasteiger partial charge in [0.25, 0.3) is 0 Å². The van der Waals surface area contributed by atoms with Crippen LogP contribution in [0.15, 0.2) is 0 Å². The Morgan fingerprint density at radius 1 is 0.765 bits per heavy atom. The van der Waals surface area contributed by atoms with Gasteiger partial charge in [0.2, 0.25) is 0 Å². The number of hydrogen-bond donors (Lipinski definition) is 0. The van der Waals surface area contributed by atoms with Gasteiger partial charge in [-0.1, -0.05) is 27.7 Å². The van der Waals surface area contributed by atoms with Crippen LogP contribution in [-0.2, 0) is 25.7 Å². The highest BCUT2D eigenvalue weighted by atomic mass is 14.3. The van der Waals surface area contributed by atoms with Crippen LogP contribution in [0, 0.1) is 13.8 Å². The summed E-state index contributed by atoms with van der Waals surface area (Å²) in [5.41, 5.74) is 9.84. The van der Waals surface area contributed by atoms with E-state index >= 15 is 0 Å². The van der Waals surface area contributed by atoms with Crippen LogP contribution in [0.5, 0.6) is 0 Å². The van der Waals surface area contributed by atoms with Gasteiger partial charge in [-0.3, -0.25) is 0 Å². The highest BCUT2D eigenvalue weighted by Crippen LogP contribution is 2.34. The van der Waals surface area contributed by atoms with Gasteiger partial charge in [-0.15, -0.1) is 0 Å². The number of rotatable bonds is 2. The molecule has 0 spiro atoms. The van der Waals surface area contributed by atoms with Crippen molar-refractivity contribution in [3.05, 3.63) is 33.4 Å². The number of benzene rings is 1. The van der Waals surface area contributed by atoms with Crippen molar-refractivity contribution in [2.45, 2.75) is 73.6 Å². The van der Waals surface area contributed by atoms with Crippen molar-refractivity contribution in [2.75, 3.05) is 0 Å². The van der Waals surface area contributed by atoms with Gasteiger partial charge in [-0.2, -0.15) is 0 Å². The quantitative estimate of drug-likeness (QED) is 0.677. The van der Waals surface area contributed by atoms with Crippen LogP contribution in [0.4, 0.5) is 0 Å². The van der Waals surface area contributed by atoms with E-state index in [-0.39, 0.29) is 0 Å². The molecular weight excluding hydrogens is 204 g/mol. The predicted molar refractivity (Wildman–Crippen MR) is 78.0 cm³/mol. The van der Waals surface area contributed by atoms with E-state index in [1.165, 1.54) is 32.1 Å². The fourth-order valence-corrected chi connectivity index (χ4v) is 3.35. The molecule has 17 heavy (non-hydrogen) atoms. The Labute approximate surface area is 107 Å². The molecule has 0 fully saturated rings. The molecule has 1 aliphatic carbocycles. The molecule has 0 amide bonds. The van der Waals surface area contributed by atoms with Gasteiger partial charge < -0.3 is 0 Å². The summed E-state index contributed by atoms with van der Waals surface area (Å²) in [4.78, 5) is 0. The average molecular weight is 232 g/mol. The van der Waals surface area contributed by atoms with Gasteiger partial charge >= 0.3 is 0 Å². The maximum Gasteiger partial charge on any atom is -0.0270 e. The molecule has 0 radical (unpaired) electrons. The molecule has 0 bridgehead atoms. The van der Waals surface area contributed by atoms with E-state index < -0.39 is 0 Å². The van der Waals surface area contributed by atoms with Crippen LogP contribution in [0.25, 0.3) is 0 Å². The van der Waals surface area contributed by atoms with Crippen LogP contribution >= 0.6 is 0 Å². The molecule has 2 rings (SSSR count). The summed E-state index contributed by atoms with van der Waals surface area (Å²) in [6.45, 7) is 13.3. The Bertz CT molecular complexity index is 349. The Morgan fingerprint density at radius 2 is 1.12 bits per heavy atom. The summed E-state index contributed by atoms with van der Waals surface area (Å²) in [7, 11) is 0. The minimum Gasteiger partial charge on any atom is -0.0683 e. The van der Waals surface area contributed by atoms with Gasteiger partial charge in [0.15, 0.2) is 0 Å². The second kappa shape index (κ2) is 6.23. The first-order valence-electron chi connectivity index (χ1n) is 7.33. The molecule has 0 aliphatic heterocycles. The summed E-state index contributed by atoms with van der Waals surface area (Å²) in [6, 6.07) is 0. The molecule has 0 heterocycles. The summed E-state index contributed by atoms with van der Waals surface area (Å²) >= 11 is 0.